The molecule has 0 aliphatic heterocycles. The summed E-state index contributed by atoms with van der Waals surface area (Å²) in [6.07, 6.45) is 0.801. The molecule has 4 heteroatoms. The number of nitrogens with one attached hydrogen (secondary N) is 2. The van der Waals surface area contributed by atoms with Crippen molar-refractivity contribution in [2.24, 2.45) is 0 Å². The molecule has 2 aromatic rings. The van der Waals surface area contributed by atoms with E-state index in [9.17, 15) is 4.79 Å². The van der Waals surface area contributed by atoms with E-state index in [-0.39, 0.29) is 6.03 Å². The number of hydrogen-bond donors (Lipinski definition) is 2. The third-order valence-electron chi connectivity index (χ3n) is 3.00. The third kappa shape index (κ3) is 4.00. The summed E-state index contributed by atoms with van der Waals surface area (Å²) in [6, 6.07) is 15.3. The topological polar surface area (TPSA) is 41.1 Å². The fourth-order valence-electron chi connectivity index (χ4n) is 1.91. The van der Waals surface area contributed by atoms with Crippen molar-refractivity contribution in [3.63, 3.8) is 0 Å². The van der Waals surface area contributed by atoms with Gasteiger partial charge in [0.2, 0.25) is 0 Å². The minimum atomic E-state index is -0.239. The minimum Gasteiger partial charge on any atom is -0.338 e. The van der Waals surface area contributed by atoms with Crippen molar-refractivity contribution in [2.75, 3.05) is 11.9 Å². The van der Waals surface area contributed by atoms with E-state index < -0.39 is 0 Å². The Morgan fingerprint density at radius 3 is 2.55 bits per heavy atom. The zero-order valence-electron chi connectivity index (χ0n) is 11.3. The van der Waals surface area contributed by atoms with Gasteiger partial charge in [0, 0.05) is 6.54 Å². The Bertz CT molecular complexity index is 564. The Balaban J connectivity index is 1.84. The standard InChI is InChI=1S/C16H17ClN2O/c1-12-6-5-9-14(17)15(12)19-16(20)18-11-10-13-7-3-2-4-8-13/h2-9H,10-11H2,1H3,(H2,18,19,20). The van der Waals surface area contributed by atoms with Crippen molar-refractivity contribution < 1.29 is 4.79 Å². The molecule has 0 aromatic heterocycles. The molecule has 3 nitrogen and oxygen atoms in total. The van der Waals surface area contributed by atoms with E-state index >= 15 is 0 Å². The van der Waals surface area contributed by atoms with Crippen LogP contribution in [-0.4, -0.2) is 12.6 Å². The number of para-hydroxylation sites is 1. The molecule has 104 valence electrons. The number of carbonyl (C=O) groups excluding carboxylic acids is 1. The van der Waals surface area contributed by atoms with E-state index in [1.165, 1.54) is 5.56 Å². The Hall–Kier alpha value is -2.00. The zero-order valence-corrected chi connectivity index (χ0v) is 12.1. The number of urea groups is 1. The number of hydrogen-bond acceptors (Lipinski definition) is 1. The van der Waals surface area contributed by atoms with Gasteiger partial charge in [-0.3, -0.25) is 0 Å². The number of carbonyl (C=O) groups is 1. The van der Waals surface area contributed by atoms with E-state index in [4.69, 9.17) is 11.6 Å². The van der Waals surface area contributed by atoms with Gasteiger partial charge in [-0.05, 0) is 30.5 Å². The fourth-order valence-corrected chi connectivity index (χ4v) is 2.18. The van der Waals surface area contributed by atoms with Crippen molar-refractivity contribution in [3.05, 3.63) is 64.7 Å². The first-order chi connectivity index (χ1) is 9.66. The van der Waals surface area contributed by atoms with Crippen LogP contribution in [0.25, 0.3) is 0 Å². The molecule has 0 saturated carbocycles. The largest absolute Gasteiger partial charge is 0.338 e. The average Bonchev–Trinajstić information content (AvgIpc) is 2.44. The number of benzene rings is 2. The van der Waals surface area contributed by atoms with Crippen LogP contribution in [0.15, 0.2) is 48.5 Å². The summed E-state index contributed by atoms with van der Waals surface area (Å²) < 4.78 is 0. The van der Waals surface area contributed by atoms with Gasteiger partial charge >= 0.3 is 6.03 Å². The number of anilines is 1. The van der Waals surface area contributed by atoms with Crippen LogP contribution in [0.5, 0.6) is 0 Å². The van der Waals surface area contributed by atoms with Crippen LogP contribution in [0.3, 0.4) is 0 Å². The van der Waals surface area contributed by atoms with Gasteiger partial charge in [0.15, 0.2) is 0 Å². The molecule has 0 spiro atoms. The normalized spacial score (nSPS) is 10.1. The predicted molar refractivity (Wildman–Crippen MR) is 83.4 cm³/mol. The molecule has 2 rings (SSSR count). The molecular formula is C16H17ClN2O. The van der Waals surface area contributed by atoms with Crippen LogP contribution < -0.4 is 10.6 Å². The highest BCUT2D eigenvalue weighted by Crippen LogP contribution is 2.24. The smallest absolute Gasteiger partial charge is 0.319 e. The van der Waals surface area contributed by atoms with Crippen LogP contribution in [0.1, 0.15) is 11.1 Å². The van der Waals surface area contributed by atoms with Crippen molar-refractivity contribution >= 4 is 23.3 Å². The van der Waals surface area contributed by atoms with E-state index in [1.54, 1.807) is 6.07 Å². The predicted octanol–water partition coefficient (Wildman–Crippen LogP) is 4.01. The first-order valence-electron chi connectivity index (χ1n) is 6.50. The van der Waals surface area contributed by atoms with E-state index in [0.717, 1.165) is 12.0 Å². The molecule has 0 unspecified atom stereocenters. The molecule has 2 N–H and O–H groups in total. The van der Waals surface area contributed by atoms with Crippen LogP contribution >= 0.6 is 11.6 Å². The van der Waals surface area contributed by atoms with E-state index in [2.05, 4.69) is 10.6 Å². The van der Waals surface area contributed by atoms with Gasteiger partial charge in [0.05, 0.1) is 10.7 Å². The van der Waals surface area contributed by atoms with Crippen molar-refractivity contribution in [2.45, 2.75) is 13.3 Å². The van der Waals surface area contributed by atoms with Gasteiger partial charge in [-0.2, -0.15) is 0 Å². The number of halogens is 1. The van der Waals surface area contributed by atoms with Crippen LogP contribution in [0, 0.1) is 6.92 Å². The SMILES string of the molecule is Cc1cccc(Cl)c1NC(=O)NCCc1ccccc1. The average molecular weight is 289 g/mol. The lowest BCUT2D eigenvalue weighted by Gasteiger charge is -2.11. The third-order valence-corrected chi connectivity index (χ3v) is 3.32. The maximum absolute atomic E-state index is 11.8. The second-order valence-corrected chi connectivity index (χ2v) is 4.96. The summed E-state index contributed by atoms with van der Waals surface area (Å²) in [6.45, 7) is 2.49. The molecule has 0 aliphatic carbocycles. The summed E-state index contributed by atoms with van der Waals surface area (Å²) in [7, 11) is 0. The molecular weight excluding hydrogens is 272 g/mol. The highest BCUT2D eigenvalue weighted by Gasteiger charge is 2.07. The maximum Gasteiger partial charge on any atom is 0.319 e. The number of aryl methyl sites for hydroxylation is 1. The van der Waals surface area contributed by atoms with E-state index in [1.807, 2.05) is 49.4 Å². The first kappa shape index (κ1) is 14.4. The summed E-state index contributed by atoms with van der Waals surface area (Å²) >= 11 is 6.06. The summed E-state index contributed by atoms with van der Waals surface area (Å²) in [5.41, 5.74) is 2.80. The van der Waals surface area contributed by atoms with Gasteiger partial charge in [0.25, 0.3) is 0 Å². The highest BCUT2D eigenvalue weighted by molar-refractivity contribution is 6.33. The van der Waals surface area contributed by atoms with Crippen LogP contribution in [0.2, 0.25) is 5.02 Å². The van der Waals surface area contributed by atoms with E-state index in [0.29, 0.717) is 17.3 Å². The quantitative estimate of drug-likeness (QED) is 0.877. The summed E-state index contributed by atoms with van der Waals surface area (Å²) in [5.74, 6) is 0. The summed E-state index contributed by atoms with van der Waals surface area (Å²) in [5, 5.41) is 6.15. The second-order valence-electron chi connectivity index (χ2n) is 4.55. The lowest BCUT2D eigenvalue weighted by atomic mass is 10.1. The van der Waals surface area contributed by atoms with Gasteiger partial charge in [-0.25, -0.2) is 4.79 Å². The monoisotopic (exact) mass is 288 g/mol. The molecule has 2 amide bonds. The van der Waals surface area contributed by atoms with Crippen LogP contribution in [-0.2, 0) is 6.42 Å². The lowest BCUT2D eigenvalue weighted by Crippen LogP contribution is -2.30. The lowest BCUT2D eigenvalue weighted by molar-refractivity contribution is 0.252. The fraction of sp³-hybridized carbons (Fsp3) is 0.188. The van der Waals surface area contributed by atoms with Crippen molar-refractivity contribution in [3.8, 4) is 0 Å². The number of rotatable bonds is 4. The number of amides is 2. The zero-order chi connectivity index (χ0) is 14.4. The van der Waals surface area contributed by atoms with Crippen molar-refractivity contribution in [1.82, 2.24) is 5.32 Å². The molecule has 20 heavy (non-hydrogen) atoms. The summed E-state index contributed by atoms with van der Waals surface area (Å²) in [4.78, 5) is 11.8. The Morgan fingerprint density at radius 2 is 1.85 bits per heavy atom. The molecule has 0 fully saturated rings. The van der Waals surface area contributed by atoms with Gasteiger partial charge in [-0.15, -0.1) is 0 Å². The highest BCUT2D eigenvalue weighted by atomic mass is 35.5. The second kappa shape index (κ2) is 6.96. The van der Waals surface area contributed by atoms with Gasteiger partial charge in [0.1, 0.15) is 0 Å². The molecule has 0 atom stereocenters. The van der Waals surface area contributed by atoms with Gasteiger partial charge < -0.3 is 10.6 Å². The Morgan fingerprint density at radius 1 is 1.10 bits per heavy atom. The minimum absolute atomic E-state index is 0.239. The Kier molecular flexibility index (Phi) is 5.02. The maximum atomic E-state index is 11.8. The van der Waals surface area contributed by atoms with Crippen LogP contribution in [0.4, 0.5) is 10.5 Å². The molecule has 2 aromatic carbocycles. The first-order valence-corrected chi connectivity index (χ1v) is 6.88. The molecule has 0 heterocycles. The molecule has 0 saturated heterocycles. The van der Waals surface area contributed by atoms with Crippen molar-refractivity contribution in [1.29, 1.82) is 0 Å². The Labute approximate surface area is 124 Å². The molecule has 0 aliphatic rings. The molecule has 0 radical (unpaired) electrons. The van der Waals surface area contributed by atoms with Gasteiger partial charge in [-0.1, -0.05) is 54.1 Å². The molecule has 0 bridgehead atoms.